The maximum Gasteiger partial charge on any atom is 0.325 e. The van der Waals surface area contributed by atoms with Crippen molar-refractivity contribution >= 4 is 16.9 Å². The molecule has 28 heavy (non-hydrogen) atoms. The monoisotopic (exact) mass is 433 g/mol. The average Bonchev–Trinajstić information content (AvgIpc) is 2.51. The van der Waals surface area contributed by atoms with Gasteiger partial charge in [-0.3, -0.25) is 4.90 Å². The fraction of sp³-hybridized carbons (Fsp3) is 1.00. The van der Waals surface area contributed by atoms with Crippen molar-refractivity contribution in [3.63, 3.8) is 0 Å². The Balaban J connectivity index is 4.58. The van der Waals surface area contributed by atoms with E-state index in [-0.39, 0.29) is 11.8 Å². The molecule has 0 saturated heterocycles. The quantitative estimate of drug-likeness (QED) is 0.171. The summed E-state index contributed by atoms with van der Waals surface area (Å²) in [7, 11) is -3.86. The molecule has 0 aromatic carbocycles. The molecule has 4 nitrogen and oxygen atoms in total. The summed E-state index contributed by atoms with van der Waals surface area (Å²) in [4.78, 5) is 2.23. The van der Waals surface area contributed by atoms with E-state index in [0.29, 0.717) is 0 Å². The summed E-state index contributed by atoms with van der Waals surface area (Å²) in [5.41, 5.74) is -0.158. The number of aliphatic hydroxyl groups is 1. The molecule has 170 valence electrons. The van der Waals surface area contributed by atoms with Gasteiger partial charge in [-0.2, -0.15) is 0 Å². The predicted octanol–water partition coefficient (Wildman–Crippen LogP) is 6.51. The smallest absolute Gasteiger partial charge is 0.325 e. The highest BCUT2D eigenvalue weighted by Gasteiger charge is 2.40. The van der Waals surface area contributed by atoms with E-state index < -0.39 is 16.9 Å². The van der Waals surface area contributed by atoms with E-state index in [1.807, 2.05) is 0 Å². The number of unbranched alkanes of at least 4 members (excludes halogenated alkanes) is 2. The molecule has 0 aliphatic carbocycles. The van der Waals surface area contributed by atoms with Crippen molar-refractivity contribution in [2.75, 3.05) is 13.1 Å². The van der Waals surface area contributed by atoms with Gasteiger partial charge in [-0.15, -0.1) is 0 Å². The van der Waals surface area contributed by atoms with Crippen molar-refractivity contribution in [3.05, 3.63) is 0 Å². The number of aliphatic hydroxyl groups excluding tert-OH is 1. The fourth-order valence-corrected chi connectivity index (χ4v) is 13.3. The first-order chi connectivity index (χ1) is 12.9. The zero-order valence-corrected chi connectivity index (χ0v) is 22.6. The molecule has 0 spiro atoms. The highest BCUT2D eigenvalue weighted by atomic mass is 28.4. The summed E-state index contributed by atoms with van der Waals surface area (Å²) < 4.78 is 13.3. The predicted molar refractivity (Wildman–Crippen MR) is 128 cm³/mol. The molecular formula is C22H51NO3Si2. The van der Waals surface area contributed by atoms with Gasteiger partial charge in [0, 0.05) is 13.1 Å². The van der Waals surface area contributed by atoms with Gasteiger partial charge in [0.2, 0.25) is 0 Å². The van der Waals surface area contributed by atoms with Crippen molar-refractivity contribution in [2.24, 2.45) is 0 Å². The van der Waals surface area contributed by atoms with E-state index in [1.165, 1.54) is 12.5 Å². The van der Waals surface area contributed by atoms with Crippen LogP contribution in [0.2, 0.25) is 31.7 Å². The van der Waals surface area contributed by atoms with Crippen LogP contribution in [0.15, 0.2) is 0 Å². The summed E-state index contributed by atoms with van der Waals surface area (Å²) in [6.07, 6.45) is 7.29. The van der Waals surface area contributed by atoms with Crippen molar-refractivity contribution in [2.45, 2.75) is 130 Å². The fourth-order valence-electron chi connectivity index (χ4n) is 4.12. The lowest BCUT2D eigenvalue weighted by atomic mass is 10.1. The molecule has 0 rings (SSSR count). The van der Waals surface area contributed by atoms with Crippen molar-refractivity contribution in [3.8, 4) is 0 Å². The van der Waals surface area contributed by atoms with Gasteiger partial charge in [-0.05, 0) is 78.2 Å². The Hall–Kier alpha value is 0.274. The molecule has 0 aromatic rings. The van der Waals surface area contributed by atoms with Gasteiger partial charge in [0.15, 0.2) is 8.32 Å². The van der Waals surface area contributed by atoms with Crippen LogP contribution in [0.25, 0.3) is 0 Å². The van der Waals surface area contributed by atoms with Crippen molar-refractivity contribution in [1.82, 2.24) is 4.90 Å². The Bertz CT molecular complexity index is 396. The van der Waals surface area contributed by atoms with Crippen LogP contribution in [0.5, 0.6) is 0 Å². The summed E-state index contributed by atoms with van der Waals surface area (Å²) in [6.45, 7) is 21.9. The Morgan fingerprint density at radius 1 is 0.857 bits per heavy atom. The van der Waals surface area contributed by atoms with Gasteiger partial charge in [-0.1, -0.05) is 40.0 Å². The molecule has 0 radical (unpaired) electrons. The minimum absolute atomic E-state index is 0.158. The molecular weight excluding hydrogens is 382 g/mol. The lowest BCUT2D eigenvalue weighted by Crippen LogP contribution is -2.51. The first-order valence-electron chi connectivity index (χ1n) is 11.7. The third kappa shape index (κ3) is 13.5. The summed E-state index contributed by atoms with van der Waals surface area (Å²) in [5, 5.41) is 10.5. The first-order valence-corrected chi connectivity index (χ1v) is 17.3. The Morgan fingerprint density at radius 3 is 1.89 bits per heavy atom. The molecule has 0 heterocycles. The van der Waals surface area contributed by atoms with E-state index in [9.17, 15) is 5.11 Å². The molecule has 0 amide bonds. The Labute approximate surface area is 178 Å². The van der Waals surface area contributed by atoms with Crippen LogP contribution in [0.3, 0.4) is 0 Å². The van der Waals surface area contributed by atoms with Crippen LogP contribution in [0, 0.1) is 0 Å². The maximum atomic E-state index is 10.5. The molecule has 6 heteroatoms. The third-order valence-corrected chi connectivity index (χ3v) is 12.9. The molecule has 0 aromatic heterocycles. The van der Waals surface area contributed by atoms with Gasteiger partial charge in [-0.25, -0.2) is 0 Å². The van der Waals surface area contributed by atoms with E-state index in [2.05, 4.69) is 66.1 Å². The van der Waals surface area contributed by atoms with E-state index in [1.54, 1.807) is 0 Å². The zero-order valence-electron chi connectivity index (χ0n) is 20.6. The van der Waals surface area contributed by atoms with Gasteiger partial charge < -0.3 is 13.6 Å². The molecule has 2 atom stereocenters. The minimum atomic E-state index is -2.19. The number of hydrogen-bond acceptors (Lipinski definition) is 4. The zero-order chi connectivity index (χ0) is 21.8. The van der Waals surface area contributed by atoms with E-state index in [4.69, 9.17) is 8.54 Å². The molecule has 0 aliphatic heterocycles. The first kappa shape index (κ1) is 28.3. The van der Waals surface area contributed by atoms with Crippen LogP contribution in [0.1, 0.15) is 86.5 Å². The summed E-state index contributed by atoms with van der Waals surface area (Å²) in [6, 6.07) is 2.24. The molecule has 2 unspecified atom stereocenters. The third-order valence-electron chi connectivity index (χ3n) is 4.90. The largest absolute Gasteiger partial charge is 0.436 e. The minimum Gasteiger partial charge on any atom is -0.436 e. The highest BCUT2D eigenvalue weighted by molar-refractivity contribution is 6.82. The number of hydrogen-bond donors (Lipinski definition) is 1. The van der Waals surface area contributed by atoms with Crippen LogP contribution in [-0.2, 0) is 8.54 Å². The van der Waals surface area contributed by atoms with Crippen LogP contribution in [-0.4, -0.2) is 51.8 Å². The van der Waals surface area contributed by atoms with Gasteiger partial charge >= 0.3 is 8.56 Å². The van der Waals surface area contributed by atoms with E-state index in [0.717, 1.165) is 57.7 Å². The molecule has 0 saturated carbocycles. The second kappa shape index (κ2) is 13.6. The SMILES string of the molecule is CCCN(CCC)C(O)CCCCC[Si](C)(OC(C)(C)C)O[Si](C)(C)CCC. The molecule has 0 aliphatic rings. The summed E-state index contributed by atoms with van der Waals surface area (Å²) >= 11 is 0. The number of rotatable bonds is 16. The maximum absolute atomic E-state index is 10.5. The second-order valence-corrected chi connectivity index (χ2v) is 17.9. The Kier molecular flexibility index (Phi) is 13.7. The van der Waals surface area contributed by atoms with Crippen LogP contribution >= 0.6 is 0 Å². The molecule has 0 fully saturated rings. The van der Waals surface area contributed by atoms with Gasteiger partial charge in [0.1, 0.15) is 6.23 Å². The normalized spacial score (nSPS) is 16.4. The summed E-state index contributed by atoms with van der Waals surface area (Å²) in [5.74, 6) is 0. The lowest BCUT2D eigenvalue weighted by molar-refractivity contribution is -0.00404. The van der Waals surface area contributed by atoms with Crippen LogP contribution < -0.4 is 0 Å². The highest BCUT2D eigenvalue weighted by Crippen LogP contribution is 2.29. The molecule has 1 N–H and O–H groups in total. The van der Waals surface area contributed by atoms with Crippen LogP contribution in [0.4, 0.5) is 0 Å². The van der Waals surface area contributed by atoms with Crippen molar-refractivity contribution < 1.29 is 13.6 Å². The van der Waals surface area contributed by atoms with E-state index >= 15 is 0 Å². The second-order valence-electron chi connectivity index (χ2n) is 10.1. The standard InChI is InChI=1S/C22H51NO3Si2/c1-10-17-23(18-11-2)21(24)16-14-13-15-20-28(9,25-22(4,5)6)26-27(7,8)19-12-3/h21,24H,10-20H2,1-9H3. The Morgan fingerprint density at radius 2 is 1.43 bits per heavy atom. The van der Waals surface area contributed by atoms with Gasteiger partial charge in [0.05, 0.1) is 5.60 Å². The topological polar surface area (TPSA) is 41.9 Å². The van der Waals surface area contributed by atoms with Crippen molar-refractivity contribution in [1.29, 1.82) is 0 Å². The van der Waals surface area contributed by atoms with Gasteiger partial charge in [0.25, 0.3) is 0 Å². The molecule has 0 bridgehead atoms. The number of nitrogens with zero attached hydrogens (tertiary/aromatic N) is 1. The average molecular weight is 434 g/mol. The lowest BCUT2D eigenvalue weighted by Gasteiger charge is -2.40.